The van der Waals surface area contributed by atoms with Gasteiger partial charge in [-0.05, 0) is 53.3 Å². The topological polar surface area (TPSA) is 35.5 Å². The van der Waals surface area contributed by atoms with Crippen LogP contribution in [0.1, 0.15) is 53.4 Å². The maximum Gasteiger partial charge on any atom is 0.232 e. The molecule has 0 atom stereocenters. The Bertz CT molecular complexity index is 1220. The molecule has 1 heterocycles. The van der Waals surface area contributed by atoms with Crippen molar-refractivity contribution in [2.45, 2.75) is 39.7 Å². The molecule has 5 heteroatoms. The number of benzene rings is 3. The van der Waals surface area contributed by atoms with Crippen LogP contribution in [-0.4, -0.2) is 5.78 Å². The molecule has 0 saturated carbocycles. The lowest BCUT2D eigenvalue weighted by Gasteiger charge is -2.18. The second-order valence-corrected chi connectivity index (χ2v) is 9.36. The Hall–Kier alpha value is -3.11. The highest BCUT2D eigenvalue weighted by Gasteiger charge is 2.30. The third kappa shape index (κ3) is 4.56. The minimum absolute atomic E-state index is 0.0627. The van der Waals surface area contributed by atoms with Crippen LogP contribution in [0.5, 0.6) is 11.5 Å². The number of aryl methyl sites for hydroxylation is 1. The smallest absolute Gasteiger partial charge is 0.232 e. The summed E-state index contributed by atoms with van der Waals surface area (Å²) in [6.07, 6.45) is 1.76. The molecule has 3 aromatic rings. The maximum atomic E-state index is 13.2. The molecule has 0 fully saturated rings. The Morgan fingerprint density at radius 2 is 1.78 bits per heavy atom. The molecule has 32 heavy (non-hydrogen) atoms. The molecule has 0 unspecified atom stereocenters. The molecule has 0 spiro atoms. The molecule has 0 N–H and O–H groups in total. The Kier molecular flexibility index (Phi) is 5.83. The Labute approximate surface area is 192 Å². The molecule has 0 aromatic heterocycles. The van der Waals surface area contributed by atoms with Crippen molar-refractivity contribution in [2.75, 3.05) is 0 Å². The van der Waals surface area contributed by atoms with Crippen LogP contribution in [0.3, 0.4) is 0 Å². The average Bonchev–Trinajstić information content (AvgIpc) is 3.02. The summed E-state index contributed by atoms with van der Waals surface area (Å²) < 4.78 is 25.0. The molecule has 4 rings (SSSR count). The SMILES string of the molecule is Cc1cc(OCc2ccc(F)cc2Cl)cc2c1C(=O)/C(=C/c1ccc(C(C)(C)C)cc1)O2. The number of ether oxygens (including phenoxy) is 2. The van der Waals surface area contributed by atoms with Gasteiger partial charge in [-0.25, -0.2) is 4.39 Å². The van der Waals surface area contributed by atoms with Gasteiger partial charge in [-0.1, -0.05) is 62.7 Å². The van der Waals surface area contributed by atoms with E-state index in [-0.39, 0.29) is 23.6 Å². The second kappa shape index (κ2) is 8.44. The van der Waals surface area contributed by atoms with Crippen LogP contribution in [0.25, 0.3) is 6.08 Å². The number of halogens is 2. The molecule has 0 aliphatic carbocycles. The van der Waals surface area contributed by atoms with Gasteiger partial charge in [-0.3, -0.25) is 4.79 Å². The van der Waals surface area contributed by atoms with Crippen LogP contribution in [-0.2, 0) is 12.0 Å². The van der Waals surface area contributed by atoms with E-state index in [0.29, 0.717) is 27.6 Å². The lowest BCUT2D eigenvalue weighted by atomic mass is 9.86. The lowest BCUT2D eigenvalue weighted by Crippen LogP contribution is -2.10. The van der Waals surface area contributed by atoms with Gasteiger partial charge in [-0.2, -0.15) is 0 Å². The van der Waals surface area contributed by atoms with Gasteiger partial charge in [0.05, 0.1) is 10.6 Å². The van der Waals surface area contributed by atoms with Crippen LogP contribution >= 0.6 is 11.6 Å². The molecule has 3 nitrogen and oxygen atoms in total. The van der Waals surface area contributed by atoms with Gasteiger partial charge in [0.15, 0.2) is 5.76 Å². The highest BCUT2D eigenvalue weighted by Crippen LogP contribution is 2.38. The summed E-state index contributed by atoms with van der Waals surface area (Å²) in [5.74, 6) is 0.750. The van der Waals surface area contributed by atoms with E-state index in [1.807, 2.05) is 19.1 Å². The van der Waals surface area contributed by atoms with Gasteiger partial charge < -0.3 is 9.47 Å². The zero-order valence-electron chi connectivity index (χ0n) is 18.5. The monoisotopic (exact) mass is 450 g/mol. The summed E-state index contributed by atoms with van der Waals surface area (Å²) in [6, 6.07) is 15.8. The van der Waals surface area contributed by atoms with Crippen LogP contribution in [0.2, 0.25) is 5.02 Å². The molecular formula is C27H24ClFO3. The zero-order valence-corrected chi connectivity index (χ0v) is 19.2. The van der Waals surface area contributed by atoms with Crippen molar-refractivity contribution < 1.29 is 18.7 Å². The zero-order chi connectivity index (χ0) is 23.0. The number of allylic oxidation sites excluding steroid dienone is 1. The van der Waals surface area contributed by atoms with Crippen molar-refractivity contribution in [3.05, 3.63) is 99.0 Å². The largest absolute Gasteiger partial charge is 0.489 e. The van der Waals surface area contributed by atoms with E-state index >= 15 is 0 Å². The molecule has 0 radical (unpaired) electrons. The highest BCUT2D eigenvalue weighted by molar-refractivity contribution is 6.31. The first kappa shape index (κ1) is 22.1. The third-order valence-electron chi connectivity index (χ3n) is 5.43. The number of fused-ring (bicyclic) bond motifs is 1. The number of Topliss-reactive ketones (excluding diaryl/α,β-unsaturated/α-hetero) is 1. The summed E-state index contributed by atoms with van der Waals surface area (Å²) >= 11 is 6.07. The lowest BCUT2D eigenvalue weighted by molar-refractivity contribution is 0.101. The van der Waals surface area contributed by atoms with Crippen molar-refractivity contribution in [2.24, 2.45) is 0 Å². The fraction of sp³-hybridized carbons (Fsp3) is 0.222. The quantitative estimate of drug-likeness (QED) is 0.392. The Morgan fingerprint density at radius 1 is 1.06 bits per heavy atom. The first-order chi connectivity index (χ1) is 15.1. The van der Waals surface area contributed by atoms with E-state index in [4.69, 9.17) is 21.1 Å². The number of carbonyl (C=O) groups is 1. The number of ketones is 1. The normalized spacial score (nSPS) is 14.4. The second-order valence-electron chi connectivity index (χ2n) is 8.95. The molecule has 1 aliphatic heterocycles. The fourth-order valence-electron chi connectivity index (χ4n) is 3.59. The minimum Gasteiger partial charge on any atom is -0.489 e. The predicted molar refractivity (Wildman–Crippen MR) is 125 cm³/mol. The molecule has 3 aromatic carbocycles. The van der Waals surface area contributed by atoms with Gasteiger partial charge in [0, 0.05) is 11.6 Å². The van der Waals surface area contributed by atoms with Crippen molar-refractivity contribution in [1.29, 1.82) is 0 Å². The predicted octanol–water partition coefficient (Wildman–Crippen LogP) is 7.28. The van der Waals surface area contributed by atoms with Gasteiger partial charge in [0.2, 0.25) is 5.78 Å². The van der Waals surface area contributed by atoms with E-state index in [2.05, 4.69) is 32.9 Å². The average molecular weight is 451 g/mol. The van der Waals surface area contributed by atoms with Crippen LogP contribution < -0.4 is 9.47 Å². The van der Waals surface area contributed by atoms with Gasteiger partial charge in [0.1, 0.15) is 23.9 Å². The Morgan fingerprint density at radius 3 is 2.44 bits per heavy atom. The van der Waals surface area contributed by atoms with Crippen LogP contribution in [0, 0.1) is 12.7 Å². The maximum absolute atomic E-state index is 13.2. The molecular weight excluding hydrogens is 427 g/mol. The number of hydrogen-bond acceptors (Lipinski definition) is 3. The summed E-state index contributed by atoms with van der Waals surface area (Å²) in [5.41, 5.74) is 4.15. The number of carbonyl (C=O) groups excluding carboxylic acids is 1. The van der Waals surface area contributed by atoms with Crippen molar-refractivity contribution in [1.82, 2.24) is 0 Å². The van der Waals surface area contributed by atoms with Crippen LogP contribution in [0.4, 0.5) is 4.39 Å². The summed E-state index contributed by atoms with van der Waals surface area (Å²) in [7, 11) is 0. The summed E-state index contributed by atoms with van der Waals surface area (Å²) in [6.45, 7) is 8.50. The van der Waals surface area contributed by atoms with Gasteiger partial charge in [0.25, 0.3) is 0 Å². The van der Waals surface area contributed by atoms with Crippen LogP contribution in [0.15, 0.2) is 60.4 Å². The Balaban J connectivity index is 1.54. The summed E-state index contributed by atoms with van der Waals surface area (Å²) in [4.78, 5) is 12.9. The van der Waals surface area contributed by atoms with E-state index in [0.717, 1.165) is 11.1 Å². The van der Waals surface area contributed by atoms with E-state index in [1.165, 1.54) is 17.7 Å². The molecule has 0 saturated heterocycles. The van der Waals surface area contributed by atoms with E-state index < -0.39 is 5.82 Å². The highest BCUT2D eigenvalue weighted by atomic mass is 35.5. The number of hydrogen-bond donors (Lipinski definition) is 0. The van der Waals surface area contributed by atoms with E-state index in [9.17, 15) is 9.18 Å². The van der Waals surface area contributed by atoms with E-state index in [1.54, 1.807) is 24.3 Å². The minimum atomic E-state index is -0.397. The molecule has 1 aliphatic rings. The van der Waals surface area contributed by atoms with Crippen molar-refractivity contribution in [3.8, 4) is 11.5 Å². The van der Waals surface area contributed by atoms with Crippen molar-refractivity contribution in [3.63, 3.8) is 0 Å². The van der Waals surface area contributed by atoms with Gasteiger partial charge in [-0.15, -0.1) is 0 Å². The first-order valence-electron chi connectivity index (χ1n) is 10.4. The summed E-state index contributed by atoms with van der Waals surface area (Å²) in [5, 5.41) is 0.303. The van der Waals surface area contributed by atoms with Gasteiger partial charge >= 0.3 is 0 Å². The van der Waals surface area contributed by atoms with Crippen molar-refractivity contribution >= 4 is 23.5 Å². The fourth-order valence-corrected chi connectivity index (χ4v) is 3.81. The molecule has 0 bridgehead atoms. The molecule has 0 amide bonds. The third-order valence-corrected chi connectivity index (χ3v) is 5.78. The number of rotatable bonds is 4. The standard InChI is InChI=1S/C27H24ClFO3/c1-16-11-21(31-15-18-7-10-20(29)13-22(18)28)14-23-25(16)26(30)24(32-23)12-17-5-8-19(9-6-17)27(2,3)4/h5-14H,15H2,1-4H3/b24-12-. The molecule has 164 valence electrons. The first-order valence-corrected chi connectivity index (χ1v) is 10.8.